The number of nitrogens with one attached hydrogen (secondary N) is 1. The topological polar surface area (TPSA) is 24.9 Å². The molecule has 0 aromatic carbocycles. The molecule has 1 aromatic heterocycles. The maximum atomic E-state index is 4.07. The minimum Gasteiger partial charge on any atom is -0.309 e. The van der Waals surface area contributed by atoms with E-state index in [1.807, 2.05) is 12.3 Å². The van der Waals surface area contributed by atoms with Crippen LogP contribution in [0.1, 0.15) is 18.4 Å². The summed E-state index contributed by atoms with van der Waals surface area (Å²) in [5.41, 5.74) is 1.26. The highest BCUT2D eigenvalue weighted by Crippen LogP contribution is 2.09. The number of aromatic nitrogens is 1. The van der Waals surface area contributed by atoms with E-state index in [0.29, 0.717) is 6.04 Å². The van der Waals surface area contributed by atoms with Gasteiger partial charge < -0.3 is 5.32 Å². The van der Waals surface area contributed by atoms with E-state index in [1.165, 1.54) is 18.4 Å². The van der Waals surface area contributed by atoms with Gasteiger partial charge in [0.05, 0.1) is 0 Å². The molecule has 0 saturated carbocycles. The third-order valence-corrected chi connectivity index (χ3v) is 2.33. The van der Waals surface area contributed by atoms with Crippen molar-refractivity contribution in [1.82, 2.24) is 10.3 Å². The van der Waals surface area contributed by atoms with E-state index < -0.39 is 0 Å². The van der Waals surface area contributed by atoms with Crippen molar-refractivity contribution in [3.63, 3.8) is 0 Å². The Balaban J connectivity index is 1.80. The SMILES string of the molecule is C1=CCC(NCc2cccnc2)C1. The fourth-order valence-corrected chi connectivity index (χ4v) is 1.55. The summed E-state index contributed by atoms with van der Waals surface area (Å²) in [5.74, 6) is 0. The molecular formula is C11H14N2. The standard InChI is InChI=1S/C11H14N2/c1-2-6-11(5-1)13-9-10-4-3-7-12-8-10/h1-4,7-8,11,13H,5-6,9H2. The summed E-state index contributed by atoms with van der Waals surface area (Å²) in [4.78, 5) is 4.07. The molecule has 0 aliphatic heterocycles. The second kappa shape index (κ2) is 4.19. The summed E-state index contributed by atoms with van der Waals surface area (Å²) >= 11 is 0. The quantitative estimate of drug-likeness (QED) is 0.708. The van der Waals surface area contributed by atoms with E-state index in [9.17, 15) is 0 Å². The molecule has 1 N–H and O–H groups in total. The molecule has 1 aliphatic rings. The predicted molar refractivity (Wildman–Crippen MR) is 53.2 cm³/mol. The molecule has 0 saturated heterocycles. The minimum atomic E-state index is 0.639. The Morgan fingerprint density at radius 2 is 2.23 bits per heavy atom. The van der Waals surface area contributed by atoms with Crippen LogP contribution in [0.15, 0.2) is 36.7 Å². The van der Waals surface area contributed by atoms with E-state index >= 15 is 0 Å². The Morgan fingerprint density at radius 1 is 1.38 bits per heavy atom. The van der Waals surface area contributed by atoms with Crippen molar-refractivity contribution in [3.05, 3.63) is 42.2 Å². The summed E-state index contributed by atoms with van der Waals surface area (Å²) in [6.45, 7) is 0.931. The van der Waals surface area contributed by atoms with Crippen molar-refractivity contribution in [2.75, 3.05) is 0 Å². The molecule has 2 rings (SSSR count). The first-order valence-corrected chi connectivity index (χ1v) is 4.72. The van der Waals surface area contributed by atoms with Crippen LogP contribution in [0.2, 0.25) is 0 Å². The van der Waals surface area contributed by atoms with Gasteiger partial charge >= 0.3 is 0 Å². The van der Waals surface area contributed by atoms with Crippen molar-refractivity contribution in [2.45, 2.75) is 25.4 Å². The number of hydrogen-bond donors (Lipinski definition) is 1. The Hall–Kier alpha value is -1.15. The van der Waals surface area contributed by atoms with E-state index in [2.05, 4.69) is 28.5 Å². The van der Waals surface area contributed by atoms with Gasteiger partial charge in [-0.25, -0.2) is 0 Å². The normalized spacial score (nSPS) is 16.6. The molecule has 2 nitrogen and oxygen atoms in total. The summed E-state index contributed by atoms with van der Waals surface area (Å²) in [5, 5.41) is 3.50. The molecule has 0 fully saturated rings. The fourth-order valence-electron chi connectivity index (χ4n) is 1.55. The monoisotopic (exact) mass is 174 g/mol. The average Bonchev–Trinajstić information content (AvgIpc) is 2.69. The zero-order valence-electron chi connectivity index (χ0n) is 7.61. The number of nitrogens with zero attached hydrogens (tertiary/aromatic N) is 1. The molecule has 1 aromatic rings. The van der Waals surface area contributed by atoms with Gasteiger partial charge in [-0.2, -0.15) is 0 Å². The van der Waals surface area contributed by atoms with Gasteiger partial charge in [0.25, 0.3) is 0 Å². The lowest BCUT2D eigenvalue weighted by molar-refractivity contribution is 0.538. The highest BCUT2D eigenvalue weighted by Gasteiger charge is 2.08. The molecule has 0 spiro atoms. The van der Waals surface area contributed by atoms with Gasteiger partial charge in [-0.15, -0.1) is 0 Å². The van der Waals surface area contributed by atoms with Crippen LogP contribution in [0.3, 0.4) is 0 Å². The highest BCUT2D eigenvalue weighted by atomic mass is 14.9. The first kappa shape index (κ1) is 8.45. The third-order valence-electron chi connectivity index (χ3n) is 2.33. The summed E-state index contributed by atoms with van der Waals surface area (Å²) < 4.78 is 0. The number of rotatable bonds is 3. The largest absolute Gasteiger partial charge is 0.309 e. The maximum absolute atomic E-state index is 4.07. The van der Waals surface area contributed by atoms with Gasteiger partial charge in [0, 0.05) is 25.0 Å². The summed E-state index contributed by atoms with van der Waals surface area (Å²) in [7, 11) is 0. The van der Waals surface area contributed by atoms with Crippen molar-refractivity contribution in [2.24, 2.45) is 0 Å². The molecule has 13 heavy (non-hydrogen) atoms. The van der Waals surface area contributed by atoms with E-state index in [4.69, 9.17) is 0 Å². The van der Waals surface area contributed by atoms with Crippen molar-refractivity contribution >= 4 is 0 Å². The molecule has 0 radical (unpaired) electrons. The van der Waals surface area contributed by atoms with Crippen molar-refractivity contribution in [3.8, 4) is 0 Å². The van der Waals surface area contributed by atoms with Crippen LogP contribution in [0, 0.1) is 0 Å². The van der Waals surface area contributed by atoms with Crippen LogP contribution in [0.25, 0.3) is 0 Å². The van der Waals surface area contributed by atoms with Crippen LogP contribution < -0.4 is 5.32 Å². The summed E-state index contributed by atoms with van der Waals surface area (Å²) in [6.07, 6.45) is 10.5. The van der Waals surface area contributed by atoms with Gasteiger partial charge in [-0.05, 0) is 24.5 Å². The smallest absolute Gasteiger partial charge is 0.0312 e. The maximum Gasteiger partial charge on any atom is 0.0312 e. The third kappa shape index (κ3) is 2.39. The van der Waals surface area contributed by atoms with Crippen molar-refractivity contribution < 1.29 is 0 Å². The first-order valence-electron chi connectivity index (χ1n) is 4.72. The Kier molecular flexibility index (Phi) is 2.72. The molecule has 0 bridgehead atoms. The van der Waals surface area contributed by atoms with E-state index in [0.717, 1.165) is 6.54 Å². The zero-order chi connectivity index (χ0) is 8.93. The first-order chi connectivity index (χ1) is 6.45. The summed E-state index contributed by atoms with van der Waals surface area (Å²) in [6, 6.07) is 4.71. The molecule has 68 valence electrons. The van der Waals surface area contributed by atoms with Crippen molar-refractivity contribution in [1.29, 1.82) is 0 Å². The second-order valence-electron chi connectivity index (χ2n) is 3.38. The van der Waals surface area contributed by atoms with Crippen LogP contribution in [0.4, 0.5) is 0 Å². The molecule has 2 heteroatoms. The molecule has 1 aliphatic carbocycles. The van der Waals surface area contributed by atoms with Crippen LogP contribution in [-0.4, -0.2) is 11.0 Å². The van der Waals surface area contributed by atoms with E-state index in [-0.39, 0.29) is 0 Å². The Morgan fingerprint density at radius 3 is 2.92 bits per heavy atom. The molecule has 1 heterocycles. The van der Waals surface area contributed by atoms with Gasteiger partial charge in [0.15, 0.2) is 0 Å². The van der Waals surface area contributed by atoms with E-state index in [1.54, 1.807) is 6.20 Å². The fraction of sp³-hybridized carbons (Fsp3) is 0.364. The molecular weight excluding hydrogens is 160 g/mol. The highest BCUT2D eigenvalue weighted by molar-refractivity contribution is 5.08. The average molecular weight is 174 g/mol. The number of hydrogen-bond acceptors (Lipinski definition) is 2. The Labute approximate surface area is 78.7 Å². The van der Waals surface area contributed by atoms with Gasteiger partial charge in [0.2, 0.25) is 0 Å². The second-order valence-corrected chi connectivity index (χ2v) is 3.38. The lowest BCUT2D eigenvalue weighted by atomic mass is 10.2. The van der Waals surface area contributed by atoms with Gasteiger partial charge in [-0.1, -0.05) is 18.2 Å². The Bertz CT molecular complexity index is 271. The zero-order valence-corrected chi connectivity index (χ0v) is 7.61. The van der Waals surface area contributed by atoms with Gasteiger partial charge in [-0.3, -0.25) is 4.98 Å². The molecule has 0 unspecified atom stereocenters. The van der Waals surface area contributed by atoms with Crippen LogP contribution in [-0.2, 0) is 6.54 Å². The van der Waals surface area contributed by atoms with Gasteiger partial charge in [0.1, 0.15) is 0 Å². The van der Waals surface area contributed by atoms with Crippen LogP contribution in [0.5, 0.6) is 0 Å². The lowest BCUT2D eigenvalue weighted by Crippen LogP contribution is -2.25. The number of pyridine rings is 1. The lowest BCUT2D eigenvalue weighted by Gasteiger charge is -2.11. The minimum absolute atomic E-state index is 0.639. The molecule has 0 atom stereocenters. The predicted octanol–water partition coefficient (Wildman–Crippen LogP) is 1.89. The van der Waals surface area contributed by atoms with Crippen LogP contribution >= 0.6 is 0 Å². The molecule has 0 amide bonds.